The number of benzene rings is 2. The molecule has 6 rings (SSSR count). The van der Waals surface area contributed by atoms with Crippen LogP contribution in [0.25, 0.3) is 0 Å². The molecule has 4 heterocycles. The maximum atomic E-state index is 12.4. The van der Waals surface area contributed by atoms with Crippen molar-refractivity contribution >= 4 is 79.3 Å². The maximum absolute atomic E-state index is 12.4. The number of fused-ring (bicyclic) bond motifs is 1. The molecule has 242 valence electrons. The summed E-state index contributed by atoms with van der Waals surface area (Å²) in [6, 6.07) is 7.83. The van der Waals surface area contributed by atoms with Gasteiger partial charge >= 0.3 is 0 Å². The van der Waals surface area contributed by atoms with Crippen molar-refractivity contribution in [3.63, 3.8) is 0 Å². The molecule has 0 aliphatic carbocycles. The lowest BCUT2D eigenvalue weighted by Crippen LogP contribution is -2.52. The number of hydrogen-bond acceptors (Lipinski definition) is 10. The number of aromatic nitrogens is 2. The summed E-state index contributed by atoms with van der Waals surface area (Å²) in [7, 11) is 0.143. The van der Waals surface area contributed by atoms with E-state index in [0.717, 1.165) is 69.6 Å². The average molecular weight is 696 g/mol. The van der Waals surface area contributed by atoms with E-state index in [0.29, 0.717) is 51.9 Å². The van der Waals surface area contributed by atoms with Gasteiger partial charge in [-0.05, 0) is 43.7 Å². The van der Waals surface area contributed by atoms with E-state index in [2.05, 4.69) is 42.3 Å². The van der Waals surface area contributed by atoms with Crippen molar-refractivity contribution in [3.8, 4) is 5.75 Å². The first-order valence-electron chi connectivity index (χ1n) is 14.9. The molecule has 2 saturated heterocycles. The molecule has 3 aromatic rings. The number of piperidine rings is 1. The Bertz CT molecular complexity index is 1680. The first-order valence-corrected chi connectivity index (χ1v) is 17.9. The van der Waals surface area contributed by atoms with Crippen LogP contribution in [-0.4, -0.2) is 100 Å². The van der Waals surface area contributed by atoms with Gasteiger partial charge in [0.15, 0.2) is 5.82 Å². The summed E-state index contributed by atoms with van der Waals surface area (Å²) in [5.74, 6) is 1.19. The molecule has 0 spiro atoms. The van der Waals surface area contributed by atoms with E-state index in [4.69, 9.17) is 39.5 Å². The maximum Gasteiger partial charge on any atom is 0.232 e. The Morgan fingerprint density at radius 2 is 1.67 bits per heavy atom. The van der Waals surface area contributed by atoms with Crippen LogP contribution in [0.4, 0.5) is 34.5 Å². The number of likely N-dealkylation sites (N-methyl/N-ethyl adjacent to an activating group) is 1. The standard InChI is InChI=1S/C30H37Cl3N8O3S/c1-38-9-11-40(12-10-38)20-4-7-41(8-5-20)26-16-21(31)24(15-22(26)32)36-30-34-18-23(33)29(37-30)35-25-17-28-19(6-13-44-28)14-27(25)39(2)45(3,42)43/h14-18,20H,4-13H2,1-3H3,(H2,34,35,36,37). The highest BCUT2D eigenvalue weighted by molar-refractivity contribution is 7.92. The minimum Gasteiger partial charge on any atom is -0.493 e. The zero-order chi connectivity index (χ0) is 31.9. The van der Waals surface area contributed by atoms with E-state index in [1.54, 1.807) is 18.2 Å². The van der Waals surface area contributed by atoms with Gasteiger partial charge in [-0.1, -0.05) is 34.8 Å². The fraction of sp³-hybridized carbons (Fsp3) is 0.467. The lowest BCUT2D eigenvalue weighted by Gasteiger charge is -2.42. The Kier molecular flexibility index (Phi) is 9.43. The van der Waals surface area contributed by atoms with Crippen molar-refractivity contribution in [3.05, 3.63) is 51.1 Å². The van der Waals surface area contributed by atoms with Crippen LogP contribution in [0.3, 0.4) is 0 Å². The highest BCUT2D eigenvalue weighted by Crippen LogP contribution is 2.40. The summed E-state index contributed by atoms with van der Waals surface area (Å²) in [6.07, 6.45) is 5.47. The molecule has 1 aromatic heterocycles. The second-order valence-corrected chi connectivity index (χ2v) is 15.0. The van der Waals surface area contributed by atoms with Crippen molar-refractivity contribution < 1.29 is 13.2 Å². The number of piperazine rings is 1. The third-order valence-corrected chi connectivity index (χ3v) is 10.9. The lowest BCUT2D eigenvalue weighted by atomic mass is 10.0. The van der Waals surface area contributed by atoms with Gasteiger partial charge in [0, 0.05) is 64.8 Å². The summed E-state index contributed by atoms with van der Waals surface area (Å²) in [4.78, 5) is 16.2. The van der Waals surface area contributed by atoms with E-state index in [9.17, 15) is 8.42 Å². The molecule has 15 heteroatoms. The fourth-order valence-corrected chi connectivity index (χ4v) is 7.18. The van der Waals surface area contributed by atoms with E-state index in [-0.39, 0.29) is 16.8 Å². The summed E-state index contributed by atoms with van der Waals surface area (Å²) in [5, 5.41) is 7.64. The number of anilines is 6. The van der Waals surface area contributed by atoms with Gasteiger partial charge in [-0.2, -0.15) is 4.98 Å². The van der Waals surface area contributed by atoms with Crippen molar-refractivity contribution in [2.75, 3.05) is 86.1 Å². The Hall–Kier alpha value is -2.74. The predicted octanol–water partition coefficient (Wildman–Crippen LogP) is 5.47. The molecule has 0 radical (unpaired) electrons. The minimum absolute atomic E-state index is 0.232. The molecule has 2 fully saturated rings. The van der Waals surface area contributed by atoms with E-state index < -0.39 is 10.0 Å². The average Bonchev–Trinajstić information content (AvgIpc) is 3.47. The van der Waals surface area contributed by atoms with Crippen molar-refractivity contribution in [1.29, 1.82) is 0 Å². The van der Waals surface area contributed by atoms with Crippen LogP contribution < -0.4 is 24.6 Å². The molecule has 0 saturated carbocycles. The van der Waals surface area contributed by atoms with Crippen LogP contribution in [-0.2, 0) is 16.4 Å². The third kappa shape index (κ3) is 7.16. The molecular formula is C30H37Cl3N8O3S. The number of rotatable bonds is 8. The van der Waals surface area contributed by atoms with Crippen molar-refractivity contribution in [2.45, 2.75) is 25.3 Å². The van der Waals surface area contributed by atoms with Gasteiger partial charge in [-0.3, -0.25) is 9.21 Å². The van der Waals surface area contributed by atoms with Gasteiger partial charge in [0.05, 0.1) is 51.9 Å². The molecule has 2 aromatic carbocycles. The number of hydrogen-bond donors (Lipinski definition) is 2. The number of ether oxygens (including phenoxy) is 1. The Morgan fingerprint density at radius 1 is 0.933 bits per heavy atom. The number of nitrogens with zero attached hydrogens (tertiary/aromatic N) is 6. The molecule has 45 heavy (non-hydrogen) atoms. The predicted molar refractivity (Wildman–Crippen MR) is 183 cm³/mol. The zero-order valence-corrected chi connectivity index (χ0v) is 28.6. The monoisotopic (exact) mass is 694 g/mol. The Morgan fingerprint density at radius 3 is 2.38 bits per heavy atom. The first kappa shape index (κ1) is 32.2. The number of halogens is 3. The largest absolute Gasteiger partial charge is 0.493 e. The molecule has 11 nitrogen and oxygen atoms in total. The van der Waals surface area contributed by atoms with Crippen LogP contribution in [0.1, 0.15) is 18.4 Å². The summed E-state index contributed by atoms with van der Waals surface area (Å²) in [5.41, 5.74) is 3.30. The second-order valence-electron chi connectivity index (χ2n) is 11.8. The smallest absolute Gasteiger partial charge is 0.232 e. The van der Waals surface area contributed by atoms with Crippen molar-refractivity contribution in [2.24, 2.45) is 0 Å². The zero-order valence-electron chi connectivity index (χ0n) is 25.5. The lowest BCUT2D eigenvalue weighted by molar-refractivity contribution is 0.0982. The van der Waals surface area contributed by atoms with Crippen LogP contribution in [0.2, 0.25) is 15.1 Å². The van der Waals surface area contributed by atoms with Gasteiger partial charge in [0.25, 0.3) is 0 Å². The molecule has 0 amide bonds. The molecule has 3 aliphatic rings. The van der Waals surface area contributed by atoms with Gasteiger partial charge in [-0.15, -0.1) is 0 Å². The topological polar surface area (TPSA) is 106 Å². The molecule has 0 atom stereocenters. The van der Waals surface area contributed by atoms with Gasteiger partial charge < -0.3 is 25.2 Å². The van der Waals surface area contributed by atoms with Crippen molar-refractivity contribution in [1.82, 2.24) is 19.8 Å². The number of nitrogens with one attached hydrogen (secondary N) is 2. The fourth-order valence-electron chi connectivity index (χ4n) is 6.05. The third-order valence-electron chi connectivity index (χ3n) is 8.78. The Labute approximate surface area is 279 Å². The normalized spacial score (nSPS) is 18.0. The van der Waals surface area contributed by atoms with Gasteiger partial charge in [-0.25, -0.2) is 13.4 Å². The molecule has 3 aliphatic heterocycles. The van der Waals surface area contributed by atoms with Crippen LogP contribution >= 0.6 is 34.8 Å². The number of sulfonamides is 1. The van der Waals surface area contributed by atoms with E-state index >= 15 is 0 Å². The summed E-state index contributed by atoms with van der Waals surface area (Å²) >= 11 is 20.0. The Balaban J connectivity index is 1.18. The van der Waals surface area contributed by atoms with E-state index in [1.807, 2.05) is 6.07 Å². The molecule has 0 unspecified atom stereocenters. The quantitative estimate of drug-likeness (QED) is 0.315. The second kappa shape index (κ2) is 13.2. The highest BCUT2D eigenvalue weighted by atomic mass is 35.5. The highest BCUT2D eigenvalue weighted by Gasteiger charge is 2.28. The molecule has 2 N–H and O–H groups in total. The molecular weight excluding hydrogens is 659 g/mol. The SMILES string of the molecule is CN1CCN(C2CCN(c3cc(Cl)c(Nc4ncc(Cl)c(Nc5cc6c(cc5N(C)S(C)(=O)=O)CCO6)n4)cc3Cl)CC2)CC1. The van der Waals surface area contributed by atoms with Crippen LogP contribution in [0, 0.1) is 0 Å². The van der Waals surface area contributed by atoms with Gasteiger partial charge in [0.1, 0.15) is 10.8 Å². The first-order chi connectivity index (χ1) is 21.5. The van der Waals surface area contributed by atoms with Gasteiger partial charge in [0.2, 0.25) is 16.0 Å². The van der Waals surface area contributed by atoms with E-state index in [1.165, 1.54) is 17.5 Å². The molecule has 0 bridgehead atoms. The van der Waals surface area contributed by atoms with Crippen LogP contribution in [0.15, 0.2) is 30.5 Å². The van der Waals surface area contributed by atoms with Crippen LogP contribution in [0.5, 0.6) is 5.75 Å². The summed E-state index contributed by atoms with van der Waals surface area (Å²) < 4.78 is 31.8. The summed E-state index contributed by atoms with van der Waals surface area (Å²) in [6.45, 7) is 6.85. The minimum atomic E-state index is -3.54.